The molecule has 0 aliphatic rings. The molecule has 26 heavy (non-hydrogen) atoms. The molecule has 1 atom stereocenters. The number of hydrogen-bond acceptors (Lipinski definition) is 3. The Hall–Kier alpha value is -2.63. The summed E-state index contributed by atoms with van der Waals surface area (Å²) in [6, 6.07) is 6.62. The minimum absolute atomic E-state index is 0.111. The molecule has 0 spiro atoms. The Labute approximate surface area is 154 Å². The van der Waals surface area contributed by atoms with E-state index in [2.05, 4.69) is 31.2 Å². The van der Waals surface area contributed by atoms with Crippen LogP contribution in [0.1, 0.15) is 67.3 Å². The molecule has 2 aromatic rings. The molecular weight excluding hydrogens is 330 g/mol. The number of aromatic carboxylic acids is 1. The number of rotatable bonds is 6. The number of amides is 1. The average molecular weight is 357 g/mol. The SMILES string of the molecule is Cc1nn(C(C)(C)C)cc1C(C)NC(=O)CCc1ccccc1C(=O)O. The van der Waals surface area contributed by atoms with E-state index in [1.807, 2.05) is 24.7 Å². The quantitative estimate of drug-likeness (QED) is 0.829. The Balaban J connectivity index is 2.00. The predicted molar refractivity (Wildman–Crippen MR) is 100 cm³/mol. The van der Waals surface area contributed by atoms with Gasteiger partial charge < -0.3 is 10.4 Å². The van der Waals surface area contributed by atoms with Crippen molar-refractivity contribution >= 4 is 11.9 Å². The highest BCUT2D eigenvalue weighted by atomic mass is 16.4. The minimum atomic E-state index is -0.973. The summed E-state index contributed by atoms with van der Waals surface area (Å²) in [6.45, 7) is 10.1. The fourth-order valence-corrected chi connectivity index (χ4v) is 2.83. The van der Waals surface area contributed by atoms with Crippen molar-refractivity contribution in [2.75, 3.05) is 0 Å². The topological polar surface area (TPSA) is 84.2 Å². The van der Waals surface area contributed by atoms with Crippen molar-refractivity contribution in [2.24, 2.45) is 0 Å². The van der Waals surface area contributed by atoms with Crippen LogP contribution in [0.25, 0.3) is 0 Å². The minimum Gasteiger partial charge on any atom is -0.478 e. The van der Waals surface area contributed by atoms with E-state index in [0.717, 1.165) is 11.3 Å². The summed E-state index contributed by atoms with van der Waals surface area (Å²) in [4.78, 5) is 23.6. The van der Waals surface area contributed by atoms with Gasteiger partial charge in [0.15, 0.2) is 0 Å². The molecule has 140 valence electrons. The van der Waals surface area contributed by atoms with Gasteiger partial charge in [0.1, 0.15) is 0 Å². The van der Waals surface area contributed by atoms with Crippen LogP contribution in [-0.2, 0) is 16.8 Å². The smallest absolute Gasteiger partial charge is 0.335 e. The van der Waals surface area contributed by atoms with Crippen molar-refractivity contribution in [2.45, 2.75) is 59.0 Å². The second kappa shape index (κ2) is 7.72. The molecule has 0 radical (unpaired) electrons. The Morgan fingerprint density at radius 3 is 2.50 bits per heavy atom. The highest BCUT2D eigenvalue weighted by Gasteiger charge is 2.20. The number of hydrogen-bond donors (Lipinski definition) is 2. The van der Waals surface area contributed by atoms with Crippen molar-refractivity contribution < 1.29 is 14.7 Å². The van der Waals surface area contributed by atoms with Gasteiger partial charge in [-0.25, -0.2) is 4.79 Å². The number of nitrogens with zero attached hydrogens (tertiary/aromatic N) is 2. The molecule has 1 amide bonds. The first-order valence-electron chi connectivity index (χ1n) is 8.77. The van der Waals surface area contributed by atoms with E-state index >= 15 is 0 Å². The number of aryl methyl sites for hydroxylation is 2. The Morgan fingerprint density at radius 2 is 1.92 bits per heavy atom. The van der Waals surface area contributed by atoms with Gasteiger partial charge in [-0.05, 0) is 52.7 Å². The second-order valence-corrected chi connectivity index (χ2v) is 7.54. The Kier molecular flexibility index (Phi) is 5.85. The summed E-state index contributed by atoms with van der Waals surface area (Å²) in [7, 11) is 0. The number of aromatic nitrogens is 2. The zero-order chi connectivity index (χ0) is 19.5. The molecule has 6 heteroatoms. The number of carboxylic acid groups (broad SMARTS) is 1. The van der Waals surface area contributed by atoms with E-state index < -0.39 is 5.97 Å². The average Bonchev–Trinajstić information content (AvgIpc) is 2.95. The van der Waals surface area contributed by atoms with Gasteiger partial charge in [-0.15, -0.1) is 0 Å². The molecular formula is C20H27N3O3. The van der Waals surface area contributed by atoms with Crippen LogP contribution < -0.4 is 5.32 Å². The molecule has 0 bridgehead atoms. The molecule has 1 heterocycles. The number of carbonyl (C=O) groups is 2. The van der Waals surface area contributed by atoms with E-state index in [4.69, 9.17) is 0 Å². The van der Waals surface area contributed by atoms with Crippen molar-refractivity contribution in [1.29, 1.82) is 0 Å². The molecule has 0 saturated carbocycles. The first-order valence-corrected chi connectivity index (χ1v) is 8.77. The highest BCUT2D eigenvalue weighted by Crippen LogP contribution is 2.21. The van der Waals surface area contributed by atoms with Gasteiger partial charge >= 0.3 is 5.97 Å². The van der Waals surface area contributed by atoms with Crippen molar-refractivity contribution in [3.05, 3.63) is 52.8 Å². The molecule has 1 unspecified atom stereocenters. The normalized spacial score (nSPS) is 12.7. The molecule has 2 rings (SSSR count). The van der Waals surface area contributed by atoms with Crippen LogP contribution in [-0.4, -0.2) is 26.8 Å². The lowest BCUT2D eigenvalue weighted by Crippen LogP contribution is -2.27. The van der Waals surface area contributed by atoms with E-state index in [1.165, 1.54) is 0 Å². The van der Waals surface area contributed by atoms with Crippen LogP contribution in [0.3, 0.4) is 0 Å². The van der Waals surface area contributed by atoms with Gasteiger partial charge in [-0.2, -0.15) is 5.10 Å². The van der Waals surface area contributed by atoms with Crippen LogP contribution in [0.5, 0.6) is 0 Å². The molecule has 1 aromatic carbocycles. The Bertz CT molecular complexity index is 803. The van der Waals surface area contributed by atoms with Crippen LogP contribution in [0.15, 0.2) is 30.5 Å². The third-order valence-electron chi connectivity index (χ3n) is 4.34. The zero-order valence-corrected chi connectivity index (χ0v) is 16.0. The van der Waals surface area contributed by atoms with Gasteiger partial charge in [0.25, 0.3) is 0 Å². The lowest BCUT2D eigenvalue weighted by molar-refractivity contribution is -0.121. The number of benzene rings is 1. The zero-order valence-electron chi connectivity index (χ0n) is 16.0. The van der Waals surface area contributed by atoms with E-state index in [1.54, 1.807) is 24.3 Å². The van der Waals surface area contributed by atoms with Gasteiger partial charge in [0, 0.05) is 18.2 Å². The van der Waals surface area contributed by atoms with Crippen LogP contribution >= 0.6 is 0 Å². The van der Waals surface area contributed by atoms with E-state index in [-0.39, 0.29) is 29.5 Å². The van der Waals surface area contributed by atoms with Crippen LogP contribution in [0.2, 0.25) is 0 Å². The summed E-state index contributed by atoms with van der Waals surface area (Å²) in [5, 5.41) is 16.7. The van der Waals surface area contributed by atoms with Crippen molar-refractivity contribution in [1.82, 2.24) is 15.1 Å². The maximum absolute atomic E-state index is 12.3. The first-order chi connectivity index (χ1) is 12.1. The maximum Gasteiger partial charge on any atom is 0.335 e. The highest BCUT2D eigenvalue weighted by molar-refractivity contribution is 5.89. The van der Waals surface area contributed by atoms with Gasteiger partial charge in [-0.1, -0.05) is 18.2 Å². The van der Waals surface area contributed by atoms with Gasteiger partial charge in [0.2, 0.25) is 5.91 Å². The van der Waals surface area contributed by atoms with E-state index in [9.17, 15) is 14.7 Å². The van der Waals surface area contributed by atoms with Crippen molar-refractivity contribution in [3.8, 4) is 0 Å². The molecule has 2 N–H and O–H groups in total. The van der Waals surface area contributed by atoms with Gasteiger partial charge in [0.05, 0.1) is 22.8 Å². The lowest BCUT2D eigenvalue weighted by Gasteiger charge is -2.19. The summed E-state index contributed by atoms with van der Waals surface area (Å²) in [5.74, 6) is -1.08. The molecule has 0 fully saturated rings. The fraction of sp³-hybridized carbons (Fsp3) is 0.450. The van der Waals surface area contributed by atoms with Crippen LogP contribution in [0, 0.1) is 6.92 Å². The third-order valence-corrected chi connectivity index (χ3v) is 4.34. The molecule has 1 aromatic heterocycles. The lowest BCUT2D eigenvalue weighted by atomic mass is 10.0. The predicted octanol–water partition coefficient (Wildman–Crippen LogP) is 3.45. The largest absolute Gasteiger partial charge is 0.478 e. The standard InChI is InChI=1S/C20H27N3O3/c1-13(17-12-23(20(3,4)5)22-14(17)2)21-18(24)11-10-15-8-6-7-9-16(15)19(25)26/h6-9,12-13H,10-11H2,1-5H3,(H,21,24)(H,25,26). The summed E-state index contributed by atoms with van der Waals surface area (Å²) in [5.41, 5.74) is 2.67. The summed E-state index contributed by atoms with van der Waals surface area (Å²) < 4.78 is 1.91. The molecule has 0 saturated heterocycles. The maximum atomic E-state index is 12.3. The fourth-order valence-electron chi connectivity index (χ4n) is 2.83. The van der Waals surface area contributed by atoms with Crippen molar-refractivity contribution in [3.63, 3.8) is 0 Å². The molecule has 6 nitrogen and oxygen atoms in total. The third kappa shape index (κ3) is 4.71. The monoisotopic (exact) mass is 357 g/mol. The number of carboxylic acids is 1. The summed E-state index contributed by atoms with van der Waals surface area (Å²) >= 11 is 0. The van der Waals surface area contributed by atoms with Gasteiger partial charge in [-0.3, -0.25) is 9.48 Å². The summed E-state index contributed by atoms with van der Waals surface area (Å²) in [6.07, 6.45) is 2.60. The second-order valence-electron chi connectivity index (χ2n) is 7.54. The number of nitrogens with one attached hydrogen (secondary N) is 1. The molecule has 0 aliphatic carbocycles. The molecule has 0 aliphatic heterocycles. The first kappa shape index (κ1) is 19.7. The Morgan fingerprint density at radius 1 is 1.27 bits per heavy atom. The number of carbonyl (C=O) groups excluding carboxylic acids is 1. The van der Waals surface area contributed by atoms with E-state index in [0.29, 0.717) is 12.0 Å². The van der Waals surface area contributed by atoms with Crippen LogP contribution in [0.4, 0.5) is 0 Å².